The maximum Gasteiger partial charge on any atom is 0.277 e. The van der Waals surface area contributed by atoms with Gasteiger partial charge in [-0.1, -0.05) is 29.8 Å². The van der Waals surface area contributed by atoms with E-state index >= 15 is 0 Å². The number of alkyl halides is 2. The van der Waals surface area contributed by atoms with E-state index in [1.165, 1.54) is 6.92 Å². The molecule has 0 unspecified atom stereocenters. The molecule has 0 bridgehead atoms. The molecule has 0 radical (unpaired) electrons. The van der Waals surface area contributed by atoms with E-state index in [4.69, 9.17) is 11.6 Å². The number of hydrogen-bond acceptors (Lipinski definition) is 3. The highest BCUT2D eigenvalue weighted by Gasteiger charge is 2.65. The van der Waals surface area contributed by atoms with Gasteiger partial charge in [-0.2, -0.15) is 0 Å². The Hall–Kier alpha value is -1.56. The number of aromatic nitrogens is 3. The first-order valence-electron chi connectivity index (χ1n) is 5.82. The molecule has 0 N–H and O–H groups in total. The molecule has 100 valence electrons. The summed E-state index contributed by atoms with van der Waals surface area (Å²) in [7, 11) is 0. The molecule has 1 aliphatic rings. The Morgan fingerprint density at radius 2 is 2.16 bits per heavy atom. The highest BCUT2D eigenvalue weighted by Crippen LogP contribution is 2.55. The third-order valence-electron chi connectivity index (χ3n) is 3.67. The number of fused-ring (bicyclic) bond motifs is 1. The molecule has 0 aliphatic heterocycles. The number of halogens is 3. The zero-order chi connectivity index (χ0) is 13.8. The van der Waals surface area contributed by atoms with Crippen LogP contribution in [0, 0.1) is 11.8 Å². The van der Waals surface area contributed by atoms with Crippen LogP contribution >= 0.6 is 11.6 Å². The lowest BCUT2D eigenvalue weighted by molar-refractivity contribution is 0.0825. The number of nitrogens with zero attached hydrogens (tertiary/aromatic N) is 3. The first kappa shape index (κ1) is 12.5. The number of benzene rings is 1. The Balaban J connectivity index is 2.03. The molecule has 1 heterocycles. The zero-order valence-corrected chi connectivity index (χ0v) is 10.7. The Kier molecular flexibility index (Phi) is 2.60. The number of rotatable bonds is 2. The standard InChI is InChI=1S/C12H10ClF2N3O/c1-6-8(12(6,14)15)5-18-11(19)7-3-2-4-9(13)10(7)16-17-18/h2-4,6,8H,5H2,1H3/t6-,8-/m1/s1. The van der Waals surface area contributed by atoms with E-state index < -0.39 is 23.3 Å². The van der Waals surface area contributed by atoms with E-state index in [-0.39, 0.29) is 6.54 Å². The third kappa shape index (κ3) is 1.82. The molecule has 0 spiro atoms. The van der Waals surface area contributed by atoms with Crippen molar-refractivity contribution in [3.63, 3.8) is 0 Å². The fourth-order valence-corrected chi connectivity index (χ4v) is 2.43. The Labute approximate surface area is 112 Å². The average molecular weight is 286 g/mol. The average Bonchev–Trinajstić information content (AvgIpc) is 2.83. The molecule has 7 heteroatoms. The maximum absolute atomic E-state index is 13.2. The van der Waals surface area contributed by atoms with Gasteiger partial charge in [0, 0.05) is 5.92 Å². The van der Waals surface area contributed by atoms with E-state index in [1.807, 2.05) is 0 Å². The predicted molar refractivity (Wildman–Crippen MR) is 66.4 cm³/mol. The molecule has 1 aromatic heterocycles. The summed E-state index contributed by atoms with van der Waals surface area (Å²) in [5, 5.41) is 8.12. The fraction of sp³-hybridized carbons (Fsp3) is 0.417. The molecule has 0 amide bonds. The summed E-state index contributed by atoms with van der Waals surface area (Å²) in [6, 6.07) is 4.77. The van der Waals surface area contributed by atoms with Gasteiger partial charge in [0.1, 0.15) is 5.52 Å². The SMILES string of the molecule is C[C@@H]1[C@@H](Cn2nnc3c(Cl)cccc3c2=O)C1(F)F. The van der Waals surface area contributed by atoms with Crippen molar-refractivity contribution in [2.75, 3.05) is 0 Å². The van der Waals surface area contributed by atoms with Crippen LogP contribution in [-0.4, -0.2) is 20.9 Å². The Bertz CT molecular complexity index is 716. The second-order valence-corrected chi connectivity index (χ2v) is 5.19. The quantitative estimate of drug-likeness (QED) is 0.851. The minimum atomic E-state index is -2.72. The molecule has 1 aromatic carbocycles. The topological polar surface area (TPSA) is 47.8 Å². The molecular weight excluding hydrogens is 276 g/mol. The molecular formula is C12H10ClF2N3O. The van der Waals surface area contributed by atoms with Gasteiger partial charge in [-0.05, 0) is 12.1 Å². The van der Waals surface area contributed by atoms with Crippen LogP contribution in [0.2, 0.25) is 5.02 Å². The molecule has 19 heavy (non-hydrogen) atoms. The summed E-state index contributed by atoms with van der Waals surface area (Å²) in [4.78, 5) is 12.1. The van der Waals surface area contributed by atoms with Gasteiger partial charge < -0.3 is 0 Å². The normalized spacial score (nSPS) is 24.6. The van der Waals surface area contributed by atoms with E-state index in [1.54, 1.807) is 18.2 Å². The van der Waals surface area contributed by atoms with Crippen molar-refractivity contribution in [3.8, 4) is 0 Å². The van der Waals surface area contributed by atoms with Crippen molar-refractivity contribution < 1.29 is 8.78 Å². The van der Waals surface area contributed by atoms with Crippen molar-refractivity contribution in [1.29, 1.82) is 0 Å². The largest absolute Gasteiger partial charge is 0.277 e. The van der Waals surface area contributed by atoms with Crippen LogP contribution < -0.4 is 5.56 Å². The second kappa shape index (κ2) is 3.96. The molecule has 3 rings (SSSR count). The summed E-state index contributed by atoms with van der Waals surface area (Å²) in [6.07, 6.45) is 0. The van der Waals surface area contributed by atoms with E-state index in [2.05, 4.69) is 10.3 Å². The van der Waals surface area contributed by atoms with Gasteiger partial charge in [-0.25, -0.2) is 13.5 Å². The van der Waals surface area contributed by atoms with Crippen LogP contribution in [0.1, 0.15) is 6.92 Å². The predicted octanol–water partition coefficient (Wildman–Crippen LogP) is 2.35. The summed E-state index contributed by atoms with van der Waals surface area (Å²) < 4.78 is 27.4. The molecule has 1 fully saturated rings. The van der Waals surface area contributed by atoms with Crippen molar-refractivity contribution >= 4 is 22.5 Å². The van der Waals surface area contributed by atoms with E-state index in [0.717, 1.165) is 4.68 Å². The molecule has 4 nitrogen and oxygen atoms in total. The van der Waals surface area contributed by atoms with E-state index in [0.29, 0.717) is 15.9 Å². The fourth-order valence-electron chi connectivity index (χ4n) is 2.21. The lowest BCUT2D eigenvalue weighted by Gasteiger charge is -2.04. The van der Waals surface area contributed by atoms with Crippen LogP contribution in [0.25, 0.3) is 10.9 Å². The minimum absolute atomic E-state index is 0.123. The summed E-state index contributed by atoms with van der Waals surface area (Å²) >= 11 is 5.90. The van der Waals surface area contributed by atoms with Crippen molar-refractivity contribution in [3.05, 3.63) is 33.6 Å². The third-order valence-corrected chi connectivity index (χ3v) is 3.97. The van der Waals surface area contributed by atoms with Crippen LogP contribution in [-0.2, 0) is 6.54 Å². The van der Waals surface area contributed by atoms with Gasteiger partial charge in [0.05, 0.1) is 22.9 Å². The monoisotopic (exact) mass is 285 g/mol. The lowest BCUT2D eigenvalue weighted by atomic mass is 10.2. The molecule has 1 saturated carbocycles. The van der Waals surface area contributed by atoms with Crippen molar-refractivity contribution in [1.82, 2.24) is 15.0 Å². The van der Waals surface area contributed by atoms with Gasteiger partial charge in [0.15, 0.2) is 0 Å². The first-order valence-corrected chi connectivity index (χ1v) is 6.20. The Morgan fingerprint density at radius 1 is 1.47 bits per heavy atom. The highest BCUT2D eigenvalue weighted by atomic mass is 35.5. The van der Waals surface area contributed by atoms with Crippen molar-refractivity contribution in [2.45, 2.75) is 19.4 Å². The van der Waals surface area contributed by atoms with Gasteiger partial charge in [-0.15, -0.1) is 5.10 Å². The lowest BCUT2D eigenvalue weighted by Crippen LogP contribution is -2.26. The van der Waals surface area contributed by atoms with E-state index in [9.17, 15) is 13.6 Å². The second-order valence-electron chi connectivity index (χ2n) is 4.78. The van der Waals surface area contributed by atoms with Gasteiger partial charge in [0.25, 0.3) is 11.5 Å². The summed E-state index contributed by atoms with van der Waals surface area (Å²) in [6.45, 7) is 1.34. The zero-order valence-electron chi connectivity index (χ0n) is 9.98. The van der Waals surface area contributed by atoms with Gasteiger partial charge in [-0.3, -0.25) is 4.79 Å². The van der Waals surface area contributed by atoms with Crippen LogP contribution in [0.15, 0.2) is 23.0 Å². The molecule has 2 aromatic rings. The highest BCUT2D eigenvalue weighted by molar-refractivity contribution is 6.34. The Morgan fingerprint density at radius 3 is 2.79 bits per heavy atom. The minimum Gasteiger partial charge on any atom is -0.267 e. The van der Waals surface area contributed by atoms with Crippen molar-refractivity contribution in [2.24, 2.45) is 11.8 Å². The number of hydrogen-bond donors (Lipinski definition) is 0. The summed E-state index contributed by atoms with van der Waals surface area (Å²) in [5.74, 6) is -4.29. The van der Waals surface area contributed by atoms with Crippen LogP contribution in [0.3, 0.4) is 0 Å². The molecule has 1 aliphatic carbocycles. The van der Waals surface area contributed by atoms with Crippen LogP contribution in [0.5, 0.6) is 0 Å². The smallest absolute Gasteiger partial charge is 0.267 e. The molecule has 0 saturated heterocycles. The molecule has 2 atom stereocenters. The first-order chi connectivity index (χ1) is 8.93. The van der Waals surface area contributed by atoms with Gasteiger partial charge >= 0.3 is 0 Å². The van der Waals surface area contributed by atoms with Crippen LogP contribution in [0.4, 0.5) is 8.78 Å². The van der Waals surface area contributed by atoms with Gasteiger partial charge in [0.2, 0.25) is 0 Å². The maximum atomic E-state index is 13.2. The summed E-state index contributed by atoms with van der Waals surface area (Å²) in [5.41, 5.74) is -0.150.